The summed E-state index contributed by atoms with van der Waals surface area (Å²) in [5.41, 5.74) is 3.87. The third kappa shape index (κ3) is 8.31. The molecule has 0 aliphatic rings. The standard InChI is InChI=1S/C32H40N2O5/c1-6-7-13-28(34-20-22(4)16-26(32(34)38)17-24-11-9-8-10-12-24)31(37)33-27(19-30(35)36)25-15-14-23(5)29(18-25)39-21(2)3/h8-12,14-16,18,20-21,27-28H,6-7,13,17,19H2,1-5H3,(H,33,37)(H,35,36)/t27-,28?/m0/s1. The van der Waals surface area contributed by atoms with Crippen molar-refractivity contribution in [1.82, 2.24) is 9.88 Å². The zero-order valence-corrected chi connectivity index (χ0v) is 23.6. The van der Waals surface area contributed by atoms with Crippen LogP contribution >= 0.6 is 0 Å². The molecule has 0 radical (unpaired) electrons. The third-order valence-corrected chi connectivity index (χ3v) is 6.63. The van der Waals surface area contributed by atoms with Crippen LogP contribution in [0, 0.1) is 13.8 Å². The normalized spacial score (nSPS) is 12.7. The van der Waals surface area contributed by atoms with Gasteiger partial charge in [0.15, 0.2) is 0 Å². The second-order valence-electron chi connectivity index (χ2n) is 10.4. The van der Waals surface area contributed by atoms with Crippen LogP contribution in [0.5, 0.6) is 5.75 Å². The lowest BCUT2D eigenvalue weighted by Crippen LogP contribution is -2.40. The molecule has 3 aromatic rings. The average Bonchev–Trinajstić information content (AvgIpc) is 2.87. The number of ether oxygens (including phenoxy) is 1. The molecular weight excluding hydrogens is 492 g/mol. The lowest BCUT2D eigenvalue weighted by molar-refractivity contribution is -0.138. The molecule has 0 aliphatic carbocycles. The molecule has 1 heterocycles. The molecule has 2 aromatic carbocycles. The van der Waals surface area contributed by atoms with Crippen molar-refractivity contribution in [1.29, 1.82) is 0 Å². The van der Waals surface area contributed by atoms with E-state index in [1.807, 2.05) is 83.1 Å². The van der Waals surface area contributed by atoms with Crippen LogP contribution in [-0.2, 0) is 16.0 Å². The number of nitrogens with one attached hydrogen (secondary N) is 1. The maximum atomic E-state index is 13.8. The highest BCUT2D eigenvalue weighted by molar-refractivity contribution is 5.81. The average molecular weight is 533 g/mol. The summed E-state index contributed by atoms with van der Waals surface area (Å²) < 4.78 is 7.43. The summed E-state index contributed by atoms with van der Waals surface area (Å²) in [4.78, 5) is 39.2. The van der Waals surface area contributed by atoms with E-state index in [1.165, 1.54) is 4.57 Å². The Labute approximate surface area is 230 Å². The zero-order valence-electron chi connectivity index (χ0n) is 23.6. The van der Waals surface area contributed by atoms with E-state index in [9.17, 15) is 19.5 Å². The van der Waals surface area contributed by atoms with E-state index in [4.69, 9.17) is 4.74 Å². The van der Waals surface area contributed by atoms with Gasteiger partial charge in [0, 0.05) is 18.2 Å². The Morgan fingerprint density at radius 1 is 1.05 bits per heavy atom. The van der Waals surface area contributed by atoms with Crippen molar-refractivity contribution in [2.24, 2.45) is 0 Å². The molecule has 1 aromatic heterocycles. The number of carbonyl (C=O) groups is 2. The van der Waals surface area contributed by atoms with Crippen molar-refractivity contribution in [2.45, 2.75) is 84.9 Å². The van der Waals surface area contributed by atoms with E-state index >= 15 is 0 Å². The maximum absolute atomic E-state index is 13.8. The minimum Gasteiger partial charge on any atom is -0.491 e. The van der Waals surface area contributed by atoms with Crippen LogP contribution in [0.1, 0.15) is 86.4 Å². The summed E-state index contributed by atoms with van der Waals surface area (Å²) in [5.74, 6) is -0.759. The molecule has 0 spiro atoms. The van der Waals surface area contributed by atoms with Gasteiger partial charge in [-0.25, -0.2) is 0 Å². The first-order chi connectivity index (χ1) is 18.6. The molecule has 1 unspecified atom stereocenters. The Hall–Kier alpha value is -3.87. The van der Waals surface area contributed by atoms with Gasteiger partial charge in [0.1, 0.15) is 11.8 Å². The van der Waals surface area contributed by atoms with Crippen molar-refractivity contribution < 1.29 is 19.4 Å². The Morgan fingerprint density at radius 2 is 1.77 bits per heavy atom. The SMILES string of the molecule is CCCCC(C(=O)N[C@@H](CC(=O)O)c1ccc(C)c(OC(C)C)c1)n1cc(C)cc(Cc2ccccc2)c1=O. The number of carbonyl (C=O) groups excluding carboxylic acids is 1. The summed E-state index contributed by atoms with van der Waals surface area (Å²) in [6, 6.07) is 15.6. The second kappa shape index (κ2) is 13.8. The predicted molar refractivity (Wildman–Crippen MR) is 153 cm³/mol. The largest absolute Gasteiger partial charge is 0.491 e. The number of carboxylic acid groups (broad SMARTS) is 1. The molecule has 208 valence electrons. The van der Waals surface area contributed by atoms with Gasteiger partial charge in [0.25, 0.3) is 5.56 Å². The highest BCUT2D eigenvalue weighted by Crippen LogP contribution is 2.27. The minimum atomic E-state index is -1.03. The van der Waals surface area contributed by atoms with Gasteiger partial charge >= 0.3 is 5.97 Å². The molecule has 0 aliphatic heterocycles. The van der Waals surface area contributed by atoms with E-state index in [-0.39, 0.29) is 24.0 Å². The molecule has 0 saturated carbocycles. The molecular formula is C32H40N2O5. The molecule has 0 saturated heterocycles. The molecule has 7 heteroatoms. The van der Waals surface area contributed by atoms with Crippen molar-refractivity contribution >= 4 is 11.9 Å². The number of hydrogen-bond acceptors (Lipinski definition) is 4. The number of aryl methyl sites for hydroxylation is 2. The number of unbranched alkanes of at least 4 members (excludes halogenated alkanes) is 1. The first-order valence-electron chi connectivity index (χ1n) is 13.6. The first kappa shape index (κ1) is 29.7. The summed E-state index contributed by atoms with van der Waals surface area (Å²) in [5, 5.41) is 12.6. The van der Waals surface area contributed by atoms with Crippen LogP contribution in [0.2, 0.25) is 0 Å². The van der Waals surface area contributed by atoms with E-state index in [0.717, 1.165) is 29.5 Å². The minimum absolute atomic E-state index is 0.0526. The van der Waals surface area contributed by atoms with Crippen molar-refractivity contribution in [3.05, 3.63) is 99.0 Å². The molecule has 0 fully saturated rings. The van der Waals surface area contributed by atoms with Crippen LogP contribution in [0.15, 0.2) is 65.6 Å². The van der Waals surface area contributed by atoms with Crippen molar-refractivity contribution in [2.75, 3.05) is 0 Å². The van der Waals surface area contributed by atoms with Gasteiger partial charge < -0.3 is 19.7 Å². The number of carboxylic acids is 1. The first-order valence-corrected chi connectivity index (χ1v) is 13.6. The van der Waals surface area contributed by atoms with Crippen LogP contribution < -0.4 is 15.6 Å². The van der Waals surface area contributed by atoms with Gasteiger partial charge in [-0.15, -0.1) is 0 Å². The summed E-state index contributed by atoms with van der Waals surface area (Å²) in [7, 11) is 0. The number of rotatable bonds is 13. The fourth-order valence-electron chi connectivity index (χ4n) is 4.69. The molecule has 7 nitrogen and oxygen atoms in total. The summed E-state index contributed by atoms with van der Waals surface area (Å²) in [6.07, 6.45) is 3.91. The van der Waals surface area contributed by atoms with Crippen LogP contribution in [0.3, 0.4) is 0 Å². The van der Waals surface area contributed by atoms with Crippen LogP contribution in [0.4, 0.5) is 0 Å². The molecule has 3 rings (SSSR count). The topological polar surface area (TPSA) is 97.6 Å². The molecule has 1 amide bonds. The lowest BCUT2D eigenvalue weighted by atomic mass is 10.00. The quantitative estimate of drug-likeness (QED) is 0.285. The highest BCUT2D eigenvalue weighted by Gasteiger charge is 2.27. The number of aromatic nitrogens is 1. The Morgan fingerprint density at radius 3 is 2.41 bits per heavy atom. The molecule has 2 atom stereocenters. The number of aliphatic carboxylic acids is 1. The van der Waals surface area contributed by atoms with E-state index in [0.29, 0.717) is 29.7 Å². The number of hydrogen-bond donors (Lipinski definition) is 2. The highest BCUT2D eigenvalue weighted by atomic mass is 16.5. The van der Waals surface area contributed by atoms with Gasteiger partial charge in [0.2, 0.25) is 5.91 Å². The number of pyridine rings is 1. The zero-order chi connectivity index (χ0) is 28.5. The van der Waals surface area contributed by atoms with E-state index in [2.05, 4.69) is 5.32 Å². The van der Waals surface area contributed by atoms with Crippen molar-refractivity contribution in [3.8, 4) is 5.75 Å². The van der Waals surface area contributed by atoms with Gasteiger partial charge in [-0.1, -0.05) is 62.2 Å². The van der Waals surface area contributed by atoms with E-state index < -0.39 is 18.1 Å². The number of amides is 1. The second-order valence-corrected chi connectivity index (χ2v) is 10.4. The maximum Gasteiger partial charge on any atom is 0.305 e. The third-order valence-electron chi connectivity index (χ3n) is 6.63. The molecule has 2 N–H and O–H groups in total. The smallest absolute Gasteiger partial charge is 0.305 e. The fourth-order valence-corrected chi connectivity index (χ4v) is 4.69. The van der Waals surface area contributed by atoms with E-state index in [1.54, 1.807) is 12.3 Å². The predicted octanol–water partition coefficient (Wildman–Crippen LogP) is 5.91. The Bertz CT molecular complexity index is 1330. The Balaban J connectivity index is 1.97. The van der Waals surface area contributed by atoms with Gasteiger partial charge in [-0.3, -0.25) is 14.4 Å². The fraction of sp³-hybridized carbons (Fsp3) is 0.406. The van der Waals surface area contributed by atoms with Gasteiger partial charge in [0.05, 0.1) is 18.6 Å². The molecule has 39 heavy (non-hydrogen) atoms. The monoisotopic (exact) mass is 532 g/mol. The Kier molecular flexibility index (Phi) is 10.5. The number of benzene rings is 2. The van der Waals surface area contributed by atoms with Gasteiger partial charge in [-0.2, -0.15) is 0 Å². The lowest BCUT2D eigenvalue weighted by Gasteiger charge is -2.25. The van der Waals surface area contributed by atoms with Crippen molar-refractivity contribution in [3.63, 3.8) is 0 Å². The summed E-state index contributed by atoms with van der Waals surface area (Å²) in [6.45, 7) is 9.71. The van der Waals surface area contributed by atoms with Crippen LogP contribution in [-0.4, -0.2) is 27.7 Å². The van der Waals surface area contributed by atoms with Gasteiger partial charge in [-0.05, 0) is 68.5 Å². The van der Waals surface area contributed by atoms with Crippen LogP contribution in [0.25, 0.3) is 0 Å². The number of nitrogens with zero attached hydrogens (tertiary/aromatic N) is 1. The summed E-state index contributed by atoms with van der Waals surface area (Å²) >= 11 is 0. The molecule has 0 bridgehead atoms.